The summed E-state index contributed by atoms with van der Waals surface area (Å²) >= 11 is 0. The van der Waals surface area contributed by atoms with Crippen molar-refractivity contribution in [3.63, 3.8) is 0 Å². The Morgan fingerprint density at radius 1 is 0.800 bits per heavy atom. The molecule has 0 fully saturated rings. The van der Waals surface area contributed by atoms with E-state index in [1.54, 1.807) is 18.2 Å². The molecule has 0 heterocycles. The molecule has 5 nitrogen and oxygen atoms in total. The van der Waals surface area contributed by atoms with Gasteiger partial charge in [-0.05, 0) is 60.4 Å². The Morgan fingerprint density at radius 2 is 1.34 bits per heavy atom. The first-order valence-electron chi connectivity index (χ1n) is 9.89. The van der Waals surface area contributed by atoms with E-state index in [9.17, 15) is 44.7 Å². The minimum absolute atomic E-state index is 0.0781. The average molecular weight is 517 g/mol. The molecule has 3 rings (SSSR count). The molecule has 0 aromatic heterocycles. The number of benzene rings is 3. The Balaban J connectivity index is 1.80. The first kappa shape index (κ1) is 26.1. The van der Waals surface area contributed by atoms with Gasteiger partial charge in [0.05, 0.1) is 21.6 Å². The van der Waals surface area contributed by atoms with E-state index in [1.165, 1.54) is 30.3 Å². The molecule has 0 saturated carbocycles. The highest BCUT2D eigenvalue weighted by atomic mass is 32.2. The second-order valence-electron chi connectivity index (χ2n) is 7.51. The SMILES string of the molecule is O=C(O)c1ccccc1CCc1ccc(NS(=O)(=O)c2cc(C(F)(F)F)cc(C(F)(F)F)c2)cc1. The fraction of sp³-hybridized carbons (Fsp3) is 0.174. The molecule has 0 atom stereocenters. The summed E-state index contributed by atoms with van der Waals surface area (Å²) in [6.45, 7) is 0. The summed E-state index contributed by atoms with van der Waals surface area (Å²) in [5.74, 6) is -1.08. The van der Waals surface area contributed by atoms with Crippen LogP contribution >= 0.6 is 0 Å². The topological polar surface area (TPSA) is 83.5 Å². The molecule has 0 spiro atoms. The third-order valence-electron chi connectivity index (χ3n) is 5.01. The first-order valence-corrected chi connectivity index (χ1v) is 11.4. The number of hydrogen-bond acceptors (Lipinski definition) is 3. The molecule has 12 heteroatoms. The minimum Gasteiger partial charge on any atom is -0.478 e. The van der Waals surface area contributed by atoms with Crippen molar-refractivity contribution < 1.29 is 44.7 Å². The maximum atomic E-state index is 13.0. The molecule has 3 aromatic rings. The van der Waals surface area contributed by atoms with Crippen molar-refractivity contribution >= 4 is 21.7 Å². The van der Waals surface area contributed by atoms with Crippen LogP contribution in [0.25, 0.3) is 0 Å². The van der Waals surface area contributed by atoms with Gasteiger partial charge in [-0.2, -0.15) is 26.3 Å². The van der Waals surface area contributed by atoms with Crippen molar-refractivity contribution in [2.24, 2.45) is 0 Å². The molecule has 2 N–H and O–H groups in total. The molecule has 186 valence electrons. The van der Waals surface area contributed by atoms with Gasteiger partial charge >= 0.3 is 18.3 Å². The van der Waals surface area contributed by atoms with Crippen LogP contribution in [-0.2, 0) is 35.2 Å². The number of nitrogens with one attached hydrogen (secondary N) is 1. The van der Waals surface area contributed by atoms with Crippen LogP contribution in [0.5, 0.6) is 0 Å². The van der Waals surface area contributed by atoms with Crippen LogP contribution in [0.2, 0.25) is 0 Å². The summed E-state index contributed by atoms with van der Waals surface area (Å²) < 4.78 is 105. The molecule has 0 aliphatic carbocycles. The minimum atomic E-state index is -5.19. The summed E-state index contributed by atoms with van der Waals surface area (Å²) in [5, 5.41) is 9.23. The summed E-state index contributed by atoms with van der Waals surface area (Å²) in [6.07, 6.45) is -9.60. The molecule has 0 saturated heterocycles. The number of alkyl halides is 6. The molecule has 35 heavy (non-hydrogen) atoms. The molecule has 0 unspecified atom stereocenters. The van der Waals surface area contributed by atoms with Gasteiger partial charge in [0, 0.05) is 5.69 Å². The first-order chi connectivity index (χ1) is 16.2. The maximum Gasteiger partial charge on any atom is 0.416 e. The number of sulfonamides is 1. The highest BCUT2D eigenvalue weighted by Crippen LogP contribution is 2.37. The Kier molecular flexibility index (Phi) is 7.16. The van der Waals surface area contributed by atoms with Gasteiger partial charge in [0.15, 0.2) is 0 Å². The molecule has 3 aromatic carbocycles. The lowest BCUT2D eigenvalue weighted by atomic mass is 10.00. The zero-order valence-corrected chi connectivity index (χ0v) is 18.4. The van der Waals surface area contributed by atoms with E-state index < -0.39 is 44.4 Å². The summed E-state index contributed by atoms with van der Waals surface area (Å²) in [7, 11) is -4.78. The van der Waals surface area contributed by atoms with Crippen molar-refractivity contribution in [3.8, 4) is 0 Å². The van der Waals surface area contributed by atoms with Crippen LogP contribution in [0.15, 0.2) is 71.6 Å². The van der Waals surface area contributed by atoms with Crippen LogP contribution in [0.3, 0.4) is 0 Å². The van der Waals surface area contributed by atoms with E-state index in [-0.39, 0.29) is 29.4 Å². The normalized spacial score (nSPS) is 12.4. The van der Waals surface area contributed by atoms with E-state index in [0.29, 0.717) is 24.0 Å². The summed E-state index contributed by atoms with van der Waals surface area (Å²) in [5.41, 5.74) is -2.13. The van der Waals surface area contributed by atoms with Gasteiger partial charge in [-0.25, -0.2) is 13.2 Å². The second-order valence-corrected chi connectivity index (χ2v) is 9.19. The van der Waals surface area contributed by atoms with Crippen LogP contribution in [-0.4, -0.2) is 19.5 Å². The van der Waals surface area contributed by atoms with Crippen LogP contribution in [0.1, 0.15) is 32.6 Å². The Morgan fingerprint density at radius 3 is 1.86 bits per heavy atom. The van der Waals surface area contributed by atoms with E-state index in [4.69, 9.17) is 0 Å². The molecular weight excluding hydrogens is 500 g/mol. The number of carboxylic acids is 1. The Hall–Kier alpha value is -3.54. The van der Waals surface area contributed by atoms with Crippen molar-refractivity contribution in [1.82, 2.24) is 0 Å². The summed E-state index contributed by atoms with van der Waals surface area (Å²) in [6, 6.07) is 12.1. The van der Waals surface area contributed by atoms with Gasteiger partial charge in [0.2, 0.25) is 0 Å². The van der Waals surface area contributed by atoms with Crippen molar-refractivity contribution in [2.45, 2.75) is 30.1 Å². The molecule has 0 radical (unpaired) electrons. The second kappa shape index (κ2) is 9.61. The molecule has 0 aliphatic rings. The van der Waals surface area contributed by atoms with Gasteiger partial charge in [0.1, 0.15) is 0 Å². The lowest BCUT2D eigenvalue weighted by Crippen LogP contribution is -2.17. The van der Waals surface area contributed by atoms with Crippen molar-refractivity contribution in [3.05, 3.63) is 94.5 Å². The predicted octanol–water partition coefficient (Wildman–Crippen LogP) is 6.01. The number of hydrogen-bond donors (Lipinski definition) is 2. The zero-order chi connectivity index (χ0) is 26.0. The predicted molar refractivity (Wildman–Crippen MR) is 115 cm³/mol. The van der Waals surface area contributed by atoms with E-state index in [0.717, 1.165) is 0 Å². The molecule has 0 bridgehead atoms. The van der Waals surface area contributed by atoms with Crippen molar-refractivity contribution in [1.29, 1.82) is 0 Å². The Labute approximate surface area is 196 Å². The fourth-order valence-electron chi connectivity index (χ4n) is 3.26. The quantitative estimate of drug-likeness (QED) is 0.376. The maximum absolute atomic E-state index is 13.0. The zero-order valence-electron chi connectivity index (χ0n) is 17.6. The van der Waals surface area contributed by atoms with Gasteiger partial charge in [-0.3, -0.25) is 4.72 Å². The lowest BCUT2D eigenvalue weighted by Gasteiger charge is -2.15. The standard InChI is InChI=1S/C23H17F6NO4S/c24-22(25,26)16-11-17(23(27,28)29)13-19(12-16)35(33,34)30-18-9-6-14(7-10-18)5-8-15-3-1-2-4-20(15)21(31)32/h1-4,6-7,9-13,30H,5,8H2,(H,31,32). The van der Waals surface area contributed by atoms with Crippen LogP contribution in [0, 0.1) is 0 Å². The fourth-order valence-corrected chi connectivity index (χ4v) is 4.39. The van der Waals surface area contributed by atoms with Gasteiger partial charge in [-0.1, -0.05) is 30.3 Å². The summed E-state index contributed by atoms with van der Waals surface area (Å²) in [4.78, 5) is 10.1. The van der Waals surface area contributed by atoms with Gasteiger partial charge in [-0.15, -0.1) is 0 Å². The molecule has 0 amide bonds. The highest BCUT2D eigenvalue weighted by molar-refractivity contribution is 7.92. The largest absolute Gasteiger partial charge is 0.478 e. The number of halogens is 6. The lowest BCUT2D eigenvalue weighted by molar-refractivity contribution is -0.143. The van der Waals surface area contributed by atoms with Crippen molar-refractivity contribution in [2.75, 3.05) is 4.72 Å². The monoisotopic (exact) mass is 517 g/mol. The van der Waals surface area contributed by atoms with Crippen LogP contribution < -0.4 is 4.72 Å². The third-order valence-corrected chi connectivity index (χ3v) is 6.37. The molecule has 0 aliphatic heterocycles. The van der Waals surface area contributed by atoms with Gasteiger partial charge < -0.3 is 5.11 Å². The molecular formula is C23H17F6NO4S. The number of aryl methyl sites for hydroxylation is 2. The smallest absolute Gasteiger partial charge is 0.416 e. The number of rotatable bonds is 7. The van der Waals surface area contributed by atoms with E-state index in [2.05, 4.69) is 0 Å². The highest BCUT2D eigenvalue weighted by Gasteiger charge is 2.38. The van der Waals surface area contributed by atoms with Gasteiger partial charge in [0.25, 0.3) is 10.0 Å². The van der Waals surface area contributed by atoms with E-state index >= 15 is 0 Å². The number of carbonyl (C=O) groups is 1. The number of anilines is 1. The Bertz CT molecular complexity index is 1300. The number of carboxylic acid groups (broad SMARTS) is 1. The number of aromatic carboxylic acids is 1. The van der Waals surface area contributed by atoms with E-state index in [1.807, 2.05) is 4.72 Å². The van der Waals surface area contributed by atoms with Crippen LogP contribution in [0.4, 0.5) is 32.0 Å². The third kappa shape index (κ3) is 6.53. The average Bonchev–Trinajstić information content (AvgIpc) is 2.77.